The number of rotatable bonds is 6. The van der Waals surface area contributed by atoms with Gasteiger partial charge < -0.3 is 16.0 Å². The maximum absolute atomic E-state index is 13.2. The van der Waals surface area contributed by atoms with Crippen molar-refractivity contribution in [3.05, 3.63) is 52.6 Å². The van der Waals surface area contributed by atoms with E-state index < -0.39 is 11.9 Å². The lowest BCUT2D eigenvalue weighted by Gasteiger charge is -2.27. The first-order valence-electron chi connectivity index (χ1n) is 9.24. The molecule has 3 rings (SSSR count). The zero-order chi connectivity index (χ0) is 20.6. The van der Waals surface area contributed by atoms with Crippen molar-refractivity contribution in [3.63, 3.8) is 0 Å². The molecule has 7 nitrogen and oxygen atoms in total. The highest BCUT2D eigenvalue weighted by atomic mass is 19.1. The zero-order valence-corrected chi connectivity index (χ0v) is 16.6. The first kappa shape index (κ1) is 20.0. The number of aryl methyl sites for hydroxylation is 2. The van der Waals surface area contributed by atoms with Gasteiger partial charge in [-0.05, 0) is 31.5 Å². The summed E-state index contributed by atoms with van der Waals surface area (Å²) in [5.41, 5.74) is 9.10. The van der Waals surface area contributed by atoms with Crippen LogP contribution in [0.4, 0.5) is 4.39 Å². The Morgan fingerprint density at radius 2 is 1.96 bits per heavy atom. The molecule has 3 N–H and O–H groups in total. The van der Waals surface area contributed by atoms with Gasteiger partial charge in [-0.3, -0.25) is 14.3 Å². The standard InChI is InChI=1S/C20H26FN5O2/c1-11-17(12(2)26(4)24-11)19-14(9-16(27)25(19)3)10-23-18(20(22)28)13-5-7-15(21)8-6-13/h5-8,14,18-19,23H,9-10H2,1-4H3,(H2,22,28)/t14-,18-,19+/m0/s1. The maximum atomic E-state index is 13.2. The third kappa shape index (κ3) is 3.64. The van der Waals surface area contributed by atoms with E-state index in [4.69, 9.17) is 5.73 Å². The van der Waals surface area contributed by atoms with E-state index in [1.54, 1.807) is 11.9 Å². The Kier molecular flexibility index (Phi) is 5.51. The Bertz CT molecular complexity index is 893. The van der Waals surface area contributed by atoms with E-state index in [9.17, 15) is 14.0 Å². The molecule has 2 amide bonds. The van der Waals surface area contributed by atoms with E-state index in [2.05, 4.69) is 10.4 Å². The highest BCUT2D eigenvalue weighted by molar-refractivity contribution is 5.81. The molecule has 28 heavy (non-hydrogen) atoms. The average molecular weight is 387 g/mol. The predicted octanol–water partition coefficient (Wildman–Crippen LogP) is 1.51. The number of nitrogens with two attached hydrogens (primary N) is 1. The van der Waals surface area contributed by atoms with Gasteiger partial charge in [-0.1, -0.05) is 12.1 Å². The van der Waals surface area contributed by atoms with Gasteiger partial charge in [0.15, 0.2) is 0 Å². The zero-order valence-electron chi connectivity index (χ0n) is 16.6. The molecule has 0 saturated carbocycles. The molecule has 8 heteroatoms. The van der Waals surface area contributed by atoms with Crippen LogP contribution in [0.1, 0.15) is 41.0 Å². The number of likely N-dealkylation sites (tertiary alicyclic amines) is 1. The summed E-state index contributed by atoms with van der Waals surface area (Å²) in [5.74, 6) is -0.912. The topological polar surface area (TPSA) is 93.2 Å². The van der Waals surface area contributed by atoms with Gasteiger partial charge >= 0.3 is 0 Å². The highest BCUT2D eigenvalue weighted by Gasteiger charge is 2.41. The Balaban J connectivity index is 1.83. The fourth-order valence-electron chi connectivity index (χ4n) is 4.09. The van der Waals surface area contributed by atoms with Crippen molar-refractivity contribution in [1.82, 2.24) is 20.0 Å². The lowest BCUT2D eigenvalue weighted by molar-refractivity contribution is -0.127. The molecule has 1 aliphatic heterocycles. The summed E-state index contributed by atoms with van der Waals surface area (Å²) in [6.07, 6.45) is 0.372. The number of nitrogens with zero attached hydrogens (tertiary/aromatic N) is 3. The number of halogens is 1. The number of aromatic nitrogens is 2. The number of amides is 2. The lowest BCUT2D eigenvalue weighted by atomic mass is 9.91. The summed E-state index contributed by atoms with van der Waals surface area (Å²) in [4.78, 5) is 26.1. The van der Waals surface area contributed by atoms with E-state index in [1.165, 1.54) is 24.3 Å². The molecule has 0 unspecified atom stereocenters. The van der Waals surface area contributed by atoms with Crippen molar-refractivity contribution in [2.24, 2.45) is 18.7 Å². The summed E-state index contributed by atoms with van der Waals surface area (Å²) in [5, 5.41) is 7.66. The summed E-state index contributed by atoms with van der Waals surface area (Å²) < 4.78 is 15.0. The predicted molar refractivity (Wildman–Crippen MR) is 103 cm³/mol. The number of nitrogens with one attached hydrogen (secondary N) is 1. The second kappa shape index (κ2) is 7.71. The number of primary amides is 1. The van der Waals surface area contributed by atoms with E-state index in [-0.39, 0.29) is 23.7 Å². The third-order valence-electron chi connectivity index (χ3n) is 5.63. The average Bonchev–Trinajstić information content (AvgIpc) is 3.04. The molecule has 0 spiro atoms. The summed E-state index contributed by atoms with van der Waals surface area (Å²) in [6.45, 7) is 4.34. The van der Waals surface area contributed by atoms with Crippen molar-refractivity contribution in [1.29, 1.82) is 0 Å². The Labute approximate surface area is 163 Å². The van der Waals surface area contributed by atoms with Gasteiger partial charge in [0.2, 0.25) is 11.8 Å². The smallest absolute Gasteiger partial charge is 0.239 e. The minimum absolute atomic E-state index is 0.0404. The van der Waals surface area contributed by atoms with Crippen LogP contribution in [0.15, 0.2) is 24.3 Å². The van der Waals surface area contributed by atoms with Gasteiger partial charge in [-0.25, -0.2) is 4.39 Å². The van der Waals surface area contributed by atoms with Crippen LogP contribution in [0.25, 0.3) is 0 Å². The molecule has 2 heterocycles. The summed E-state index contributed by atoms with van der Waals surface area (Å²) >= 11 is 0. The van der Waals surface area contributed by atoms with Gasteiger partial charge in [0.05, 0.1) is 11.7 Å². The molecule has 1 aromatic heterocycles. The van der Waals surface area contributed by atoms with Gasteiger partial charge in [-0.2, -0.15) is 5.10 Å². The van der Waals surface area contributed by atoms with Crippen molar-refractivity contribution >= 4 is 11.8 Å². The number of carbonyl (C=O) groups excluding carboxylic acids is 2. The van der Waals surface area contributed by atoms with Crippen LogP contribution in [-0.4, -0.2) is 40.1 Å². The molecule has 3 atom stereocenters. The molecule has 0 radical (unpaired) electrons. The molecule has 1 aromatic carbocycles. The van der Waals surface area contributed by atoms with Crippen molar-refractivity contribution in [2.75, 3.05) is 13.6 Å². The van der Waals surface area contributed by atoms with Crippen molar-refractivity contribution < 1.29 is 14.0 Å². The normalized spacial score (nSPS) is 20.6. The summed E-state index contributed by atoms with van der Waals surface area (Å²) in [7, 11) is 3.68. The SMILES string of the molecule is Cc1nn(C)c(C)c1[C@H]1[C@H](CN[C@H](C(N)=O)c2ccc(F)cc2)CC(=O)N1C. The van der Waals surface area contributed by atoms with Gasteiger partial charge in [0.25, 0.3) is 0 Å². The molecular formula is C20H26FN5O2. The molecule has 0 bridgehead atoms. The van der Waals surface area contributed by atoms with Gasteiger partial charge in [-0.15, -0.1) is 0 Å². The molecule has 1 fully saturated rings. The van der Waals surface area contributed by atoms with E-state index in [0.29, 0.717) is 18.5 Å². The second-order valence-electron chi connectivity index (χ2n) is 7.42. The molecule has 2 aromatic rings. The fraction of sp³-hybridized carbons (Fsp3) is 0.450. The Morgan fingerprint density at radius 1 is 1.32 bits per heavy atom. The maximum Gasteiger partial charge on any atom is 0.239 e. The first-order chi connectivity index (χ1) is 13.2. The van der Waals surface area contributed by atoms with Crippen LogP contribution >= 0.6 is 0 Å². The lowest BCUT2D eigenvalue weighted by Crippen LogP contribution is -2.37. The van der Waals surface area contributed by atoms with Crippen LogP contribution in [-0.2, 0) is 16.6 Å². The Hall–Kier alpha value is -2.74. The minimum Gasteiger partial charge on any atom is -0.368 e. The van der Waals surface area contributed by atoms with Gasteiger partial charge in [0.1, 0.15) is 11.9 Å². The van der Waals surface area contributed by atoms with Crippen LogP contribution in [0, 0.1) is 25.6 Å². The van der Waals surface area contributed by atoms with E-state index in [1.807, 2.05) is 25.6 Å². The quantitative estimate of drug-likeness (QED) is 0.786. The molecule has 1 aliphatic rings. The number of hydrogen-bond donors (Lipinski definition) is 2. The van der Waals surface area contributed by atoms with E-state index in [0.717, 1.165) is 17.0 Å². The molecule has 1 saturated heterocycles. The van der Waals surface area contributed by atoms with Crippen molar-refractivity contribution in [3.8, 4) is 0 Å². The first-order valence-corrected chi connectivity index (χ1v) is 9.24. The minimum atomic E-state index is -0.752. The van der Waals surface area contributed by atoms with Gasteiger partial charge in [0, 0.05) is 44.2 Å². The summed E-state index contributed by atoms with van der Waals surface area (Å²) in [6, 6.07) is 4.79. The van der Waals surface area contributed by atoms with Crippen molar-refractivity contribution in [2.45, 2.75) is 32.4 Å². The second-order valence-corrected chi connectivity index (χ2v) is 7.42. The highest BCUT2D eigenvalue weighted by Crippen LogP contribution is 2.39. The number of benzene rings is 1. The monoisotopic (exact) mass is 387 g/mol. The Morgan fingerprint density at radius 3 is 2.50 bits per heavy atom. The third-order valence-corrected chi connectivity index (χ3v) is 5.63. The van der Waals surface area contributed by atoms with Crippen LogP contribution in [0.5, 0.6) is 0 Å². The molecular weight excluding hydrogens is 361 g/mol. The van der Waals surface area contributed by atoms with Crippen LogP contribution < -0.4 is 11.1 Å². The number of hydrogen-bond acceptors (Lipinski definition) is 4. The molecule has 0 aliphatic carbocycles. The molecule has 150 valence electrons. The van der Waals surface area contributed by atoms with Crippen LogP contribution in [0.3, 0.4) is 0 Å². The fourth-order valence-corrected chi connectivity index (χ4v) is 4.09. The number of carbonyl (C=O) groups is 2. The van der Waals surface area contributed by atoms with E-state index >= 15 is 0 Å². The largest absolute Gasteiger partial charge is 0.368 e. The van der Waals surface area contributed by atoms with Crippen LogP contribution in [0.2, 0.25) is 0 Å².